The Labute approximate surface area is 240 Å². The highest BCUT2D eigenvalue weighted by molar-refractivity contribution is 5.97. The number of hydrogen-bond donors (Lipinski definition) is 2. The fourth-order valence-corrected chi connectivity index (χ4v) is 5.76. The van der Waals surface area contributed by atoms with Gasteiger partial charge in [0.2, 0.25) is 0 Å². The van der Waals surface area contributed by atoms with Gasteiger partial charge in [-0.25, -0.2) is 14.4 Å². The fourth-order valence-electron chi connectivity index (χ4n) is 5.76. The van der Waals surface area contributed by atoms with Gasteiger partial charge in [0, 0.05) is 66.8 Å². The van der Waals surface area contributed by atoms with Crippen molar-refractivity contribution in [3.8, 4) is 33.8 Å². The molecule has 0 aliphatic carbocycles. The average Bonchev–Trinajstić information content (AvgIpc) is 3.63. The molecule has 0 amide bonds. The quantitative estimate of drug-likeness (QED) is 0.298. The zero-order valence-corrected chi connectivity index (χ0v) is 22.8. The van der Waals surface area contributed by atoms with Crippen LogP contribution in [0.3, 0.4) is 0 Å². The second-order valence-corrected chi connectivity index (χ2v) is 10.9. The highest BCUT2D eigenvalue weighted by atomic mass is 19.1. The van der Waals surface area contributed by atoms with E-state index in [9.17, 15) is 4.39 Å². The first-order chi connectivity index (χ1) is 20.7. The Balaban J connectivity index is 1.17. The number of imidazole rings is 1. The number of anilines is 1. The van der Waals surface area contributed by atoms with Crippen LogP contribution in [0.5, 0.6) is 0 Å². The number of pyridine rings is 3. The van der Waals surface area contributed by atoms with Crippen LogP contribution in [0.25, 0.3) is 55.8 Å². The molecule has 1 aromatic carbocycles. The van der Waals surface area contributed by atoms with E-state index in [2.05, 4.69) is 52.1 Å². The molecule has 0 unspecified atom stereocenters. The summed E-state index contributed by atoms with van der Waals surface area (Å²) in [6, 6.07) is 9.33. The van der Waals surface area contributed by atoms with Crippen LogP contribution in [0.1, 0.15) is 12.0 Å². The van der Waals surface area contributed by atoms with E-state index in [0.29, 0.717) is 30.2 Å². The molecule has 2 saturated heterocycles. The molecule has 5 aromatic heterocycles. The number of fused-ring (bicyclic) bond motifs is 2. The standard InChI is InChI=1S/C31H28FN9O/c32-23-9-20(10-24(12-23)41-4-6-42-7-5-41)26-16-34-17-27-28(26)37-31(36-27)29-25-11-22(15-35-30(25)39-38-29)21-8-19(13-33-14-21)18-40-2-1-3-40/h8-17H,1-7,18H2,(H,36,37)(H,35,38,39). The predicted octanol–water partition coefficient (Wildman–Crippen LogP) is 4.81. The number of H-pyrrole nitrogens is 2. The zero-order valence-electron chi connectivity index (χ0n) is 22.8. The van der Waals surface area contributed by atoms with Crippen LogP contribution >= 0.6 is 0 Å². The van der Waals surface area contributed by atoms with E-state index in [0.717, 1.165) is 77.3 Å². The number of hydrogen-bond acceptors (Lipinski definition) is 8. The third kappa shape index (κ3) is 4.56. The van der Waals surface area contributed by atoms with Gasteiger partial charge in [-0.3, -0.25) is 20.0 Å². The molecular weight excluding hydrogens is 533 g/mol. The molecule has 2 aliphatic rings. The van der Waals surface area contributed by atoms with E-state index in [1.807, 2.05) is 24.7 Å². The van der Waals surface area contributed by atoms with Gasteiger partial charge in [-0.05, 0) is 61.0 Å². The van der Waals surface area contributed by atoms with Crippen molar-refractivity contribution in [3.05, 3.63) is 72.7 Å². The van der Waals surface area contributed by atoms with Crippen molar-refractivity contribution < 1.29 is 9.13 Å². The maximum Gasteiger partial charge on any atom is 0.181 e. The van der Waals surface area contributed by atoms with E-state index in [-0.39, 0.29) is 5.82 Å². The lowest BCUT2D eigenvalue weighted by Gasteiger charge is -2.30. The number of nitrogens with zero attached hydrogens (tertiary/aromatic N) is 7. The molecule has 2 N–H and O–H groups in total. The smallest absolute Gasteiger partial charge is 0.181 e. The Bertz CT molecular complexity index is 1920. The number of rotatable bonds is 6. The zero-order chi connectivity index (χ0) is 28.0. The summed E-state index contributed by atoms with van der Waals surface area (Å²) in [6.07, 6.45) is 10.3. The van der Waals surface area contributed by atoms with E-state index in [4.69, 9.17) is 9.72 Å². The first-order valence-corrected chi connectivity index (χ1v) is 14.2. The largest absolute Gasteiger partial charge is 0.378 e. The molecule has 0 spiro atoms. The molecule has 210 valence electrons. The summed E-state index contributed by atoms with van der Waals surface area (Å²) in [5.74, 6) is 0.304. The van der Waals surface area contributed by atoms with Gasteiger partial charge in [0.1, 0.15) is 11.5 Å². The number of aromatic amines is 2. The number of ether oxygens (including phenoxy) is 1. The molecule has 2 aliphatic heterocycles. The Hall–Kier alpha value is -4.74. The number of nitrogens with one attached hydrogen (secondary N) is 2. The summed E-state index contributed by atoms with van der Waals surface area (Å²) < 4.78 is 20.3. The van der Waals surface area contributed by atoms with Crippen molar-refractivity contribution in [2.45, 2.75) is 13.0 Å². The second-order valence-electron chi connectivity index (χ2n) is 10.9. The molecule has 0 atom stereocenters. The minimum atomic E-state index is -0.302. The highest BCUT2D eigenvalue weighted by Crippen LogP contribution is 2.34. The van der Waals surface area contributed by atoms with Crippen molar-refractivity contribution >= 4 is 27.8 Å². The minimum absolute atomic E-state index is 0.302. The van der Waals surface area contributed by atoms with Gasteiger partial charge in [0.25, 0.3) is 0 Å². The van der Waals surface area contributed by atoms with Crippen LogP contribution in [-0.2, 0) is 11.3 Å². The topological polar surface area (TPSA) is 112 Å². The SMILES string of the molecule is Fc1cc(-c2cncc3[nH]c(-c4[nH]nc5ncc(-c6cncc(CN7CCC7)c6)cc45)nc23)cc(N2CCOCC2)c1. The monoisotopic (exact) mass is 561 g/mol. The molecule has 8 rings (SSSR count). The minimum Gasteiger partial charge on any atom is -0.378 e. The van der Waals surface area contributed by atoms with Crippen LogP contribution < -0.4 is 4.90 Å². The number of halogens is 1. The van der Waals surface area contributed by atoms with Gasteiger partial charge in [0.05, 0.1) is 35.8 Å². The predicted molar refractivity (Wildman–Crippen MR) is 158 cm³/mol. The molecular formula is C31H28FN9O. The van der Waals surface area contributed by atoms with Crippen LogP contribution in [0.4, 0.5) is 10.1 Å². The molecule has 7 heterocycles. The number of morpholine rings is 1. The number of likely N-dealkylation sites (tertiary alicyclic amines) is 1. The Kier molecular flexibility index (Phi) is 6.11. The van der Waals surface area contributed by atoms with Crippen molar-refractivity contribution in [3.63, 3.8) is 0 Å². The molecule has 42 heavy (non-hydrogen) atoms. The maximum atomic E-state index is 14.8. The summed E-state index contributed by atoms with van der Waals surface area (Å²) in [5.41, 5.74) is 8.20. The normalized spacial score (nSPS) is 15.9. The maximum absolute atomic E-state index is 14.8. The third-order valence-corrected chi connectivity index (χ3v) is 8.09. The van der Waals surface area contributed by atoms with Crippen LogP contribution in [0.15, 0.2) is 61.3 Å². The van der Waals surface area contributed by atoms with Gasteiger partial charge in [-0.1, -0.05) is 0 Å². The molecule has 0 saturated carbocycles. The van der Waals surface area contributed by atoms with Crippen molar-refractivity contribution in [1.29, 1.82) is 0 Å². The van der Waals surface area contributed by atoms with Gasteiger partial charge in [-0.2, -0.15) is 5.10 Å². The van der Waals surface area contributed by atoms with Crippen molar-refractivity contribution in [2.24, 2.45) is 0 Å². The fraction of sp³-hybridized carbons (Fsp3) is 0.258. The Morgan fingerprint density at radius 3 is 2.57 bits per heavy atom. The number of benzene rings is 1. The summed E-state index contributed by atoms with van der Waals surface area (Å²) in [5, 5.41) is 8.39. The van der Waals surface area contributed by atoms with Gasteiger partial charge in [-0.15, -0.1) is 0 Å². The summed E-state index contributed by atoms with van der Waals surface area (Å²) in [6.45, 7) is 5.88. The van der Waals surface area contributed by atoms with Crippen LogP contribution in [0, 0.1) is 5.82 Å². The van der Waals surface area contributed by atoms with Gasteiger partial charge >= 0.3 is 0 Å². The molecule has 6 aromatic rings. The van der Waals surface area contributed by atoms with E-state index in [1.165, 1.54) is 18.1 Å². The summed E-state index contributed by atoms with van der Waals surface area (Å²) in [7, 11) is 0. The molecule has 0 radical (unpaired) electrons. The molecule has 10 nitrogen and oxygen atoms in total. The van der Waals surface area contributed by atoms with Crippen LogP contribution in [-0.4, -0.2) is 79.4 Å². The van der Waals surface area contributed by atoms with Crippen molar-refractivity contribution in [2.75, 3.05) is 44.3 Å². The first kappa shape index (κ1) is 25.0. The number of aromatic nitrogens is 7. The lowest BCUT2D eigenvalue weighted by atomic mass is 10.0. The lowest BCUT2D eigenvalue weighted by molar-refractivity contribution is 0.122. The average molecular weight is 562 g/mol. The Morgan fingerprint density at radius 1 is 0.857 bits per heavy atom. The summed E-state index contributed by atoms with van der Waals surface area (Å²) >= 11 is 0. The van der Waals surface area contributed by atoms with E-state index < -0.39 is 0 Å². The first-order valence-electron chi connectivity index (χ1n) is 14.2. The highest BCUT2D eigenvalue weighted by Gasteiger charge is 2.19. The molecule has 11 heteroatoms. The molecule has 2 fully saturated rings. The summed E-state index contributed by atoms with van der Waals surface area (Å²) in [4.78, 5) is 26.4. The third-order valence-electron chi connectivity index (χ3n) is 8.09. The second kappa shape index (κ2) is 10.3. The molecule has 0 bridgehead atoms. The Morgan fingerprint density at radius 2 is 1.71 bits per heavy atom. The van der Waals surface area contributed by atoms with Crippen LogP contribution in [0.2, 0.25) is 0 Å². The van der Waals surface area contributed by atoms with Gasteiger partial charge < -0.3 is 14.6 Å². The van der Waals surface area contributed by atoms with E-state index >= 15 is 0 Å². The van der Waals surface area contributed by atoms with Gasteiger partial charge in [0.15, 0.2) is 11.5 Å². The van der Waals surface area contributed by atoms with E-state index in [1.54, 1.807) is 18.5 Å². The van der Waals surface area contributed by atoms with Crippen molar-refractivity contribution in [1.82, 2.24) is 40.0 Å². The lowest BCUT2D eigenvalue weighted by Crippen LogP contribution is -2.36.